The van der Waals surface area contributed by atoms with Crippen molar-refractivity contribution in [3.05, 3.63) is 59.7 Å². The zero-order valence-corrected chi connectivity index (χ0v) is 10.9. The summed E-state index contributed by atoms with van der Waals surface area (Å²) >= 11 is 0. The molecule has 1 aromatic heterocycles. The topological polar surface area (TPSA) is 34.9 Å². The highest BCUT2D eigenvalue weighted by atomic mass is 19.1. The van der Waals surface area contributed by atoms with Gasteiger partial charge >= 0.3 is 0 Å². The van der Waals surface area contributed by atoms with Gasteiger partial charge in [0.15, 0.2) is 5.78 Å². The van der Waals surface area contributed by atoms with Crippen molar-refractivity contribution in [1.29, 1.82) is 0 Å². The van der Waals surface area contributed by atoms with Crippen LogP contribution in [0, 0.1) is 5.82 Å². The minimum Gasteiger partial charge on any atom is -0.289 e. The molecule has 0 bridgehead atoms. The van der Waals surface area contributed by atoms with Crippen LogP contribution in [0.25, 0.3) is 6.08 Å². The molecule has 1 heterocycles. The molecule has 0 fully saturated rings. The molecule has 0 saturated heterocycles. The van der Waals surface area contributed by atoms with E-state index in [0.717, 1.165) is 0 Å². The zero-order valence-electron chi connectivity index (χ0n) is 10.9. The van der Waals surface area contributed by atoms with Crippen LogP contribution in [0.4, 0.5) is 4.39 Å². The summed E-state index contributed by atoms with van der Waals surface area (Å²) in [5.41, 5.74) is 0.897. The molecule has 98 valence electrons. The highest BCUT2D eigenvalue weighted by Gasteiger charge is 2.07. The third kappa shape index (κ3) is 3.16. The van der Waals surface area contributed by atoms with Crippen LogP contribution in [0.3, 0.4) is 0 Å². The van der Waals surface area contributed by atoms with Crippen LogP contribution < -0.4 is 0 Å². The van der Waals surface area contributed by atoms with Gasteiger partial charge in [-0.15, -0.1) is 0 Å². The second-order valence-electron chi connectivity index (χ2n) is 4.52. The molecular weight excluding hydrogens is 243 g/mol. The van der Waals surface area contributed by atoms with E-state index in [9.17, 15) is 9.18 Å². The molecule has 0 N–H and O–H groups in total. The van der Waals surface area contributed by atoms with Gasteiger partial charge in [-0.1, -0.05) is 18.2 Å². The van der Waals surface area contributed by atoms with E-state index < -0.39 is 0 Å². The number of carbonyl (C=O) groups is 1. The Morgan fingerprint density at radius 1 is 1.37 bits per heavy atom. The largest absolute Gasteiger partial charge is 0.289 e. The molecule has 1 aromatic carbocycles. The molecule has 2 aromatic rings. The lowest BCUT2D eigenvalue weighted by molar-refractivity contribution is 0.104. The Bertz CT molecular complexity index is 614. The number of ketones is 1. The van der Waals surface area contributed by atoms with Crippen molar-refractivity contribution in [2.75, 3.05) is 0 Å². The highest BCUT2D eigenvalue weighted by Crippen LogP contribution is 2.10. The van der Waals surface area contributed by atoms with Gasteiger partial charge in [0.2, 0.25) is 0 Å². The van der Waals surface area contributed by atoms with Gasteiger partial charge in [0, 0.05) is 17.8 Å². The van der Waals surface area contributed by atoms with Gasteiger partial charge in [-0.3, -0.25) is 9.48 Å². The fraction of sp³-hybridized carbons (Fsp3) is 0.200. The first kappa shape index (κ1) is 13.2. The summed E-state index contributed by atoms with van der Waals surface area (Å²) in [6, 6.07) is 6.53. The van der Waals surface area contributed by atoms with Gasteiger partial charge < -0.3 is 0 Å². The molecule has 0 saturated carbocycles. The molecule has 0 unspecified atom stereocenters. The van der Waals surface area contributed by atoms with E-state index in [0.29, 0.717) is 11.1 Å². The Hall–Kier alpha value is -2.23. The standard InChI is InChI=1S/C15H15FN2O/c1-11(2)18-10-13(9-17-18)15(19)8-7-12-5-3-4-6-14(12)16/h3-11H,1-2H3/b8-7+. The monoisotopic (exact) mass is 258 g/mol. The number of rotatable bonds is 4. The Morgan fingerprint density at radius 2 is 2.11 bits per heavy atom. The molecule has 0 aliphatic rings. The second kappa shape index (κ2) is 5.61. The SMILES string of the molecule is CC(C)n1cc(C(=O)/C=C/c2ccccc2F)cn1. The fourth-order valence-corrected chi connectivity index (χ4v) is 1.62. The number of hydrogen-bond acceptors (Lipinski definition) is 2. The van der Waals surface area contributed by atoms with E-state index >= 15 is 0 Å². The molecule has 3 nitrogen and oxygen atoms in total. The Labute approximate surface area is 111 Å². The number of nitrogens with zero attached hydrogens (tertiary/aromatic N) is 2. The van der Waals surface area contributed by atoms with Gasteiger partial charge in [-0.2, -0.15) is 5.10 Å². The predicted molar refractivity (Wildman–Crippen MR) is 72.4 cm³/mol. The summed E-state index contributed by atoms with van der Waals surface area (Å²) in [5, 5.41) is 4.10. The molecule has 0 atom stereocenters. The van der Waals surface area contributed by atoms with Crippen LogP contribution in [0.5, 0.6) is 0 Å². The van der Waals surface area contributed by atoms with Gasteiger partial charge in [-0.05, 0) is 32.1 Å². The number of halogens is 1. The summed E-state index contributed by atoms with van der Waals surface area (Å²) in [6.45, 7) is 3.97. The predicted octanol–water partition coefficient (Wildman–Crippen LogP) is 3.50. The van der Waals surface area contributed by atoms with Gasteiger partial charge in [0.05, 0.1) is 11.8 Å². The summed E-state index contributed by atoms with van der Waals surface area (Å²) in [5.74, 6) is -0.528. The summed E-state index contributed by atoms with van der Waals surface area (Å²) in [4.78, 5) is 11.9. The summed E-state index contributed by atoms with van der Waals surface area (Å²) < 4.78 is 15.1. The third-order valence-electron chi connectivity index (χ3n) is 2.73. The van der Waals surface area contributed by atoms with E-state index in [1.54, 1.807) is 29.1 Å². The smallest absolute Gasteiger partial charge is 0.189 e. The van der Waals surface area contributed by atoms with Crippen molar-refractivity contribution >= 4 is 11.9 Å². The Kier molecular flexibility index (Phi) is 3.90. The lowest BCUT2D eigenvalue weighted by atomic mass is 10.1. The fourth-order valence-electron chi connectivity index (χ4n) is 1.62. The highest BCUT2D eigenvalue weighted by molar-refractivity contribution is 6.06. The minimum absolute atomic E-state index is 0.185. The third-order valence-corrected chi connectivity index (χ3v) is 2.73. The molecule has 0 aliphatic heterocycles. The van der Waals surface area contributed by atoms with Crippen molar-refractivity contribution in [2.45, 2.75) is 19.9 Å². The Morgan fingerprint density at radius 3 is 2.74 bits per heavy atom. The first-order chi connectivity index (χ1) is 9.08. The maximum Gasteiger partial charge on any atom is 0.189 e. The Balaban J connectivity index is 2.14. The van der Waals surface area contributed by atoms with E-state index in [-0.39, 0.29) is 17.6 Å². The van der Waals surface area contributed by atoms with Gasteiger partial charge in [0.1, 0.15) is 5.82 Å². The molecule has 4 heteroatoms. The summed E-state index contributed by atoms with van der Waals surface area (Å²) in [7, 11) is 0. The first-order valence-corrected chi connectivity index (χ1v) is 6.09. The number of aromatic nitrogens is 2. The number of hydrogen-bond donors (Lipinski definition) is 0. The molecule has 0 radical (unpaired) electrons. The number of benzene rings is 1. The molecule has 0 aliphatic carbocycles. The number of carbonyl (C=O) groups excluding carboxylic acids is 1. The normalized spacial score (nSPS) is 11.4. The van der Waals surface area contributed by atoms with E-state index in [2.05, 4.69) is 5.10 Å². The number of allylic oxidation sites excluding steroid dienone is 1. The maximum absolute atomic E-state index is 13.4. The molecular formula is C15H15FN2O. The van der Waals surface area contributed by atoms with Crippen LogP contribution >= 0.6 is 0 Å². The molecule has 2 rings (SSSR count). The van der Waals surface area contributed by atoms with Crippen LogP contribution in [-0.4, -0.2) is 15.6 Å². The average molecular weight is 258 g/mol. The van der Waals surface area contributed by atoms with Crippen molar-refractivity contribution < 1.29 is 9.18 Å². The maximum atomic E-state index is 13.4. The van der Waals surface area contributed by atoms with Gasteiger partial charge in [0.25, 0.3) is 0 Å². The molecule has 0 amide bonds. The lowest BCUT2D eigenvalue weighted by Crippen LogP contribution is -2.00. The molecule has 0 spiro atoms. The minimum atomic E-state index is -0.343. The van der Waals surface area contributed by atoms with Crippen molar-refractivity contribution in [3.8, 4) is 0 Å². The van der Waals surface area contributed by atoms with Crippen LogP contribution in [0.15, 0.2) is 42.7 Å². The van der Waals surface area contributed by atoms with Crippen molar-refractivity contribution in [1.82, 2.24) is 9.78 Å². The van der Waals surface area contributed by atoms with Crippen LogP contribution in [0.1, 0.15) is 35.8 Å². The zero-order chi connectivity index (χ0) is 13.8. The average Bonchev–Trinajstić information content (AvgIpc) is 2.87. The second-order valence-corrected chi connectivity index (χ2v) is 4.52. The van der Waals surface area contributed by atoms with Crippen molar-refractivity contribution in [3.63, 3.8) is 0 Å². The van der Waals surface area contributed by atoms with Crippen LogP contribution in [-0.2, 0) is 0 Å². The lowest BCUT2D eigenvalue weighted by Gasteiger charge is -2.02. The molecule has 19 heavy (non-hydrogen) atoms. The first-order valence-electron chi connectivity index (χ1n) is 6.09. The van der Waals surface area contributed by atoms with Crippen molar-refractivity contribution in [2.24, 2.45) is 0 Å². The quantitative estimate of drug-likeness (QED) is 0.621. The summed E-state index contributed by atoms with van der Waals surface area (Å²) in [6.07, 6.45) is 6.05. The van der Waals surface area contributed by atoms with E-state index in [1.165, 1.54) is 24.4 Å². The van der Waals surface area contributed by atoms with E-state index in [4.69, 9.17) is 0 Å². The van der Waals surface area contributed by atoms with Crippen LogP contribution in [0.2, 0.25) is 0 Å². The van der Waals surface area contributed by atoms with E-state index in [1.807, 2.05) is 13.8 Å². The van der Waals surface area contributed by atoms with Gasteiger partial charge in [-0.25, -0.2) is 4.39 Å².